The molecule has 0 fully saturated rings. The van der Waals surface area contributed by atoms with Gasteiger partial charge in [0.25, 0.3) is 5.91 Å². The predicted octanol–water partition coefficient (Wildman–Crippen LogP) is 2.98. The molecule has 0 unspecified atom stereocenters. The van der Waals surface area contributed by atoms with Crippen molar-refractivity contribution in [3.05, 3.63) is 41.4 Å². The molecule has 1 aromatic heterocycles. The molecule has 3 amide bonds. The van der Waals surface area contributed by atoms with Crippen molar-refractivity contribution in [2.24, 2.45) is 0 Å². The monoisotopic (exact) mass is 375 g/mol. The van der Waals surface area contributed by atoms with Gasteiger partial charge in [0, 0.05) is 16.5 Å². The Kier molecular flexibility index (Phi) is 6.10. The summed E-state index contributed by atoms with van der Waals surface area (Å²) in [5.41, 5.74) is 0.521. The number of aromatic nitrogens is 1. The lowest BCUT2D eigenvalue weighted by Crippen LogP contribution is -2.50. The van der Waals surface area contributed by atoms with Crippen molar-refractivity contribution in [3.8, 4) is 10.6 Å². The van der Waals surface area contributed by atoms with Crippen LogP contribution in [0.2, 0.25) is 0 Å². The number of hydrogen-bond acceptors (Lipinski definition) is 6. The molecule has 7 nitrogen and oxygen atoms in total. The van der Waals surface area contributed by atoms with Crippen LogP contribution < -0.4 is 10.6 Å². The summed E-state index contributed by atoms with van der Waals surface area (Å²) in [7, 11) is 0. The van der Waals surface area contributed by atoms with E-state index in [-0.39, 0.29) is 5.69 Å². The SMILES string of the molecule is C[C@H](OC(=O)c1csc(-c2ccccc2)n1)C(=O)NC(=O)NC(C)(C)C. The highest BCUT2D eigenvalue weighted by Gasteiger charge is 2.23. The van der Waals surface area contributed by atoms with Crippen LogP contribution in [0.15, 0.2) is 35.7 Å². The minimum absolute atomic E-state index is 0.118. The van der Waals surface area contributed by atoms with Crippen LogP contribution in [0.1, 0.15) is 38.2 Å². The summed E-state index contributed by atoms with van der Waals surface area (Å²) in [6.45, 7) is 6.75. The molecular weight excluding hydrogens is 354 g/mol. The maximum atomic E-state index is 12.2. The van der Waals surface area contributed by atoms with E-state index in [1.54, 1.807) is 26.2 Å². The molecular formula is C18H21N3O4S. The Hall–Kier alpha value is -2.74. The lowest BCUT2D eigenvalue weighted by molar-refractivity contribution is -0.127. The Balaban J connectivity index is 1.94. The van der Waals surface area contributed by atoms with E-state index in [0.29, 0.717) is 5.01 Å². The van der Waals surface area contributed by atoms with Gasteiger partial charge < -0.3 is 10.1 Å². The number of ether oxygens (including phenoxy) is 1. The molecule has 1 atom stereocenters. The molecule has 138 valence electrons. The number of benzene rings is 1. The molecule has 2 N–H and O–H groups in total. The number of nitrogens with zero attached hydrogens (tertiary/aromatic N) is 1. The first-order valence-electron chi connectivity index (χ1n) is 8.00. The lowest BCUT2D eigenvalue weighted by Gasteiger charge is -2.21. The molecule has 26 heavy (non-hydrogen) atoms. The van der Waals surface area contributed by atoms with E-state index in [9.17, 15) is 14.4 Å². The van der Waals surface area contributed by atoms with E-state index in [1.807, 2.05) is 30.3 Å². The van der Waals surface area contributed by atoms with Crippen molar-refractivity contribution in [2.75, 3.05) is 0 Å². The van der Waals surface area contributed by atoms with Crippen LogP contribution in [0.4, 0.5) is 4.79 Å². The van der Waals surface area contributed by atoms with Crippen molar-refractivity contribution < 1.29 is 19.1 Å². The van der Waals surface area contributed by atoms with Crippen molar-refractivity contribution >= 4 is 29.2 Å². The molecule has 0 bridgehead atoms. The molecule has 0 aliphatic heterocycles. The molecule has 0 radical (unpaired) electrons. The second kappa shape index (κ2) is 8.09. The number of rotatable bonds is 4. The van der Waals surface area contributed by atoms with Gasteiger partial charge in [0.05, 0.1) is 0 Å². The number of urea groups is 1. The van der Waals surface area contributed by atoms with E-state index < -0.39 is 29.6 Å². The van der Waals surface area contributed by atoms with Crippen LogP contribution in [-0.4, -0.2) is 34.5 Å². The number of hydrogen-bond donors (Lipinski definition) is 2. The van der Waals surface area contributed by atoms with E-state index >= 15 is 0 Å². The van der Waals surface area contributed by atoms with E-state index in [2.05, 4.69) is 15.6 Å². The van der Waals surface area contributed by atoms with Gasteiger partial charge in [-0.3, -0.25) is 10.1 Å². The molecule has 1 aromatic carbocycles. The summed E-state index contributed by atoms with van der Waals surface area (Å²) in [5, 5.41) is 6.98. The summed E-state index contributed by atoms with van der Waals surface area (Å²) < 4.78 is 5.09. The number of esters is 1. The van der Waals surface area contributed by atoms with Crippen molar-refractivity contribution in [1.82, 2.24) is 15.6 Å². The van der Waals surface area contributed by atoms with Gasteiger partial charge in [-0.15, -0.1) is 11.3 Å². The fraction of sp³-hybridized carbons (Fsp3) is 0.333. The predicted molar refractivity (Wildman–Crippen MR) is 98.9 cm³/mol. The third-order valence-electron chi connectivity index (χ3n) is 3.11. The number of amides is 3. The summed E-state index contributed by atoms with van der Waals surface area (Å²) >= 11 is 1.31. The van der Waals surface area contributed by atoms with E-state index in [4.69, 9.17) is 4.74 Å². The highest BCUT2D eigenvalue weighted by atomic mass is 32.1. The largest absolute Gasteiger partial charge is 0.448 e. The zero-order chi connectivity index (χ0) is 19.3. The number of nitrogens with one attached hydrogen (secondary N) is 2. The Bertz CT molecular complexity index is 796. The molecule has 0 aliphatic carbocycles. The Morgan fingerprint density at radius 3 is 2.42 bits per heavy atom. The molecule has 0 saturated carbocycles. The van der Waals surface area contributed by atoms with Crippen molar-refractivity contribution in [1.29, 1.82) is 0 Å². The standard InChI is InChI=1S/C18H21N3O4S/c1-11(14(22)20-17(24)21-18(2,3)4)25-16(23)13-10-26-15(19-13)12-8-6-5-7-9-12/h5-11H,1-4H3,(H2,20,21,22,24)/t11-/m0/s1. The summed E-state index contributed by atoms with van der Waals surface area (Å²) in [6.07, 6.45) is -1.13. The van der Waals surface area contributed by atoms with E-state index in [0.717, 1.165) is 5.56 Å². The number of imide groups is 1. The Morgan fingerprint density at radius 2 is 1.81 bits per heavy atom. The Morgan fingerprint density at radius 1 is 1.15 bits per heavy atom. The molecule has 1 heterocycles. The normalized spacial score (nSPS) is 12.2. The summed E-state index contributed by atoms with van der Waals surface area (Å²) in [5.74, 6) is -1.43. The van der Waals surface area contributed by atoms with Crippen LogP contribution in [0.25, 0.3) is 10.6 Å². The second-order valence-corrected chi connectivity index (χ2v) is 7.50. The van der Waals surface area contributed by atoms with Gasteiger partial charge >= 0.3 is 12.0 Å². The fourth-order valence-electron chi connectivity index (χ4n) is 1.94. The first-order chi connectivity index (χ1) is 12.2. The zero-order valence-corrected chi connectivity index (χ0v) is 15.8. The smallest absolute Gasteiger partial charge is 0.358 e. The number of carbonyl (C=O) groups is 3. The highest BCUT2D eigenvalue weighted by molar-refractivity contribution is 7.13. The van der Waals surface area contributed by atoms with Gasteiger partial charge in [-0.05, 0) is 27.7 Å². The lowest BCUT2D eigenvalue weighted by atomic mass is 10.1. The third-order valence-corrected chi connectivity index (χ3v) is 4.00. The summed E-state index contributed by atoms with van der Waals surface area (Å²) in [4.78, 5) is 40.1. The minimum Gasteiger partial charge on any atom is -0.448 e. The average Bonchev–Trinajstić information content (AvgIpc) is 3.03. The van der Waals surface area contributed by atoms with Gasteiger partial charge in [-0.25, -0.2) is 14.6 Å². The summed E-state index contributed by atoms with van der Waals surface area (Å²) in [6, 6.07) is 8.77. The first-order valence-corrected chi connectivity index (χ1v) is 8.88. The van der Waals surface area contributed by atoms with Crippen LogP contribution in [0.3, 0.4) is 0 Å². The van der Waals surface area contributed by atoms with Gasteiger partial charge in [-0.1, -0.05) is 30.3 Å². The molecule has 0 aliphatic rings. The van der Waals surface area contributed by atoms with Crippen LogP contribution in [0.5, 0.6) is 0 Å². The van der Waals surface area contributed by atoms with Gasteiger partial charge in [0.15, 0.2) is 11.8 Å². The molecule has 2 rings (SSSR count). The molecule has 2 aromatic rings. The van der Waals surface area contributed by atoms with Gasteiger partial charge in [0.1, 0.15) is 5.01 Å². The van der Waals surface area contributed by atoms with E-state index in [1.165, 1.54) is 18.3 Å². The quantitative estimate of drug-likeness (QED) is 0.801. The molecule has 8 heteroatoms. The maximum absolute atomic E-state index is 12.2. The van der Waals surface area contributed by atoms with Crippen LogP contribution in [0, 0.1) is 0 Å². The number of thiazole rings is 1. The Labute approximate surface area is 155 Å². The van der Waals surface area contributed by atoms with Crippen molar-refractivity contribution in [2.45, 2.75) is 39.3 Å². The van der Waals surface area contributed by atoms with Gasteiger partial charge in [-0.2, -0.15) is 0 Å². The fourth-order valence-corrected chi connectivity index (χ4v) is 2.74. The highest BCUT2D eigenvalue weighted by Crippen LogP contribution is 2.23. The number of carbonyl (C=O) groups excluding carboxylic acids is 3. The molecule has 0 spiro atoms. The van der Waals surface area contributed by atoms with Gasteiger partial charge in [0.2, 0.25) is 0 Å². The zero-order valence-electron chi connectivity index (χ0n) is 15.0. The average molecular weight is 375 g/mol. The maximum Gasteiger partial charge on any atom is 0.358 e. The minimum atomic E-state index is -1.13. The topological polar surface area (TPSA) is 97.4 Å². The van der Waals surface area contributed by atoms with Crippen molar-refractivity contribution in [3.63, 3.8) is 0 Å². The van der Waals surface area contributed by atoms with Crippen LogP contribution >= 0.6 is 11.3 Å². The molecule has 0 saturated heterocycles. The first kappa shape index (κ1) is 19.6. The third kappa shape index (κ3) is 5.66. The van der Waals surface area contributed by atoms with Crippen LogP contribution in [-0.2, 0) is 9.53 Å². The second-order valence-electron chi connectivity index (χ2n) is 6.64.